The van der Waals surface area contributed by atoms with Gasteiger partial charge < -0.3 is 9.47 Å². The summed E-state index contributed by atoms with van der Waals surface area (Å²) in [6.07, 6.45) is 0. The third-order valence-corrected chi connectivity index (χ3v) is 6.60. The van der Waals surface area contributed by atoms with Crippen LogP contribution in [0.2, 0.25) is 10.0 Å². The Morgan fingerprint density at radius 2 is 1.73 bits per heavy atom. The standard InChI is InChI=1S/C18H17Cl2N3O6S/c1-22(2)30(26,27)15-8-11(4-5-14(15)28-3)29-17-12(19)6-10(7-13(17)20)23-9-16(24)21-18(23)25/h4-8H,9H2,1-3H3,(H,21,24,25). The van der Waals surface area contributed by atoms with Crippen molar-refractivity contribution in [3.8, 4) is 17.2 Å². The first-order valence-electron chi connectivity index (χ1n) is 8.43. The predicted molar refractivity (Wildman–Crippen MR) is 111 cm³/mol. The molecule has 1 heterocycles. The van der Waals surface area contributed by atoms with Crippen LogP contribution >= 0.6 is 23.2 Å². The minimum atomic E-state index is -3.80. The molecule has 3 rings (SSSR count). The number of carbonyl (C=O) groups is 2. The van der Waals surface area contributed by atoms with Crippen LogP contribution in [0.4, 0.5) is 10.5 Å². The predicted octanol–water partition coefficient (Wildman–Crippen LogP) is 3.10. The quantitative estimate of drug-likeness (QED) is 0.646. The molecular weight excluding hydrogens is 457 g/mol. The number of amides is 3. The Morgan fingerprint density at radius 1 is 1.10 bits per heavy atom. The molecule has 2 aromatic rings. The third kappa shape index (κ3) is 4.17. The van der Waals surface area contributed by atoms with Crippen LogP contribution in [0.5, 0.6) is 17.2 Å². The number of hydrogen-bond donors (Lipinski definition) is 1. The van der Waals surface area contributed by atoms with Crippen LogP contribution in [0.1, 0.15) is 0 Å². The highest BCUT2D eigenvalue weighted by Gasteiger charge is 2.29. The Labute approximate surface area is 183 Å². The van der Waals surface area contributed by atoms with Crippen LogP contribution in [-0.4, -0.2) is 52.4 Å². The molecule has 1 aliphatic rings. The lowest BCUT2D eigenvalue weighted by atomic mass is 10.2. The molecule has 0 spiro atoms. The average molecular weight is 474 g/mol. The molecule has 0 bridgehead atoms. The molecule has 1 fully saturated rings. The summed E-state index contributed by atoms with van der Waals surface area (Å²) in [4.78, 5) is 24.3. The number of sulfonamides is 1. The highest BCUT2D eigenvalue weighted by atomic mass is 35.5. The Hall–Kier alpha value is -2.53. The van der Waals surface area contributed by atoms with Gasteiger partial charge in [-0.2, -0.15) is 0 Å². The molecule has 0 aromatic heterocycles. The largest absolute Gasteiger partial charge is 0.495 e. The topological polar surface area (TPSA) is 105 Å². The van der Waals surface area contributed by atoms with Gasteiger partial charge in [0.1, 0.15) is 22.9 Å². The average Bonchev–Trinajstić information content (AvgIpc) is 3.02. The molecule has 0 radical (unpaired) electrons. The SMILES string of the molecule is COc1ccc(Oc2c(Cl)cc(N3CC(=O)NC3=O)cc2Cl)cc1S(=O)(=O)N(C)C. The second kappa shape index (κ2) is 8.31. The Morgan fingerprint density at radius 3 is 2.23 bits per heavy atom. The number of carbonyl (C=O) groups excluding carboxylic acids is 2. The van der Waals surface area contributed by atoms with Crippen molar-refractivity contribution in [1.82, 2.24) is 9.62 Å². The lowest BCUT2D eigenvalue weighted by molar-refractivity contribution is -0.117. The van der Waals surface area contributed by atoms with E-state index in [-0.39, 0.29) is 38.7 Å². The maximum absolute atomic E-state index is 12.6. The Balaban J connectivity index is 1.97. The van der Waals surface area contributed by atoms with E-state index in [9.17, 15) is 18.0 Å². The van der Waals surface area contributed by atoms with Gasteiger partial charge in [-0.05, 0) is 24.3 Å². The minimum absolute atomic E-state index is 0.0615. The number of methoxy groups -OCH3 is 1. The molecule has 1 N–H and O–H groups in total. The van der Waals surface area contributed by atoms with E-state index in [1.807, 2.05) is 0 Å². The molecule has 0 unspecified atom stereocenters. The first-order valence-corrected chi connectivity index (χ1v) is 10.6. The molecule has 0 aliphatic carbocycles. The molecule has 0 saturated carbocycles. The molecule has 3 amide bonds. The van der Waals surface area contributed by atoms with E-state index in [1.165, 1.54) is 56.4 Å². The van der Waals surface area contributed by atoms with Crippen molar-refractivity contribution in [3.05, 3.63) is 40.4 Å². The number of rotatable bonds is 6. The van der Waals surface area contributed by atoms with Gasteiger partial charge in [-0.25, -0.2) is 17.5 Å². The monoisotopic (exact) mass is 473 g/mol. The Bertz CT molecular complexity index is 1110. The van der Waals surface area contributed by atoms with Gasteiger partial charge in [0, 0.05) is 25.8 Å². The summed E-state index contributed by atoms with van der Waals surface area (Å²) in [5.74, 6) is -0.0815. The lowest BCUT2D eigenvalue weighted by Gasteiger charge is -2.18. The fourth-order valence-corrected chi connectivity index (χ4v) is 4.30. The number of hydrogen-bond acceptors (Lipinski definition) is 6. The summed E-state index contributed by atoms with van der Waals surface area (Å²) in [6, 6.07) is 6.49. The minimum Gasteiger partial charge on any atom is -0.495 e. The van der Waals surface area contributed by atoms with Crippen LogP contribution in [0.3, 0.4) is 0 Å². The third-order valence-electron chi connectivity index (χ3n) is 4.20. The highest BCUT2D eigenvalue weighted by Crippen LogP contribution is 2.41. The summed E-state index contributed by atoms with van der Waals surface area (Å²) < 4.78 is 37.1. The van der Waals surface area contributed by atoms with E-state index >= 15 is 0 Å². The fraction of sp³-hybridized carbons (Fsp3) is 0.222. The molecule has 1 saturated heterocycles. The number of ether oxygens (including phenoxy) is 2. The molecule has 30 heavy (non-hydrogen) atoms. The number of imide groups is 1. The molecule has 160 valence electrons. The van der Waals surface area contributed by atoms with E-state index in [0.29, 0.717) is 5.69 Å². The number of nitrogens with one attached hydrogen (secondary N) is 1. The van der Waals surface area contributed by atoms with Crippen molar-refractivity contribution in [3.63, 3.8) is 0 Å². The first-order chi connectivity index (χ1) is 14.0. The van der Waals surface area contributed by atoms with E-state index in [4.69, 9.17) is 32.7 Å². The van der Waals surface area contributed by atoms with Gasteiger partial charge in [-0.3, -0.25) is 15.0 Å². The molecule has 1 aliphatic heterocycles. The van der Waals surface area contributed by atoms with Crippen molar-refractivity contribution >= 4 is 50.9 Å². The molecular formula is C18H17Cl2N3O6S. The van der Waals surface area contributed by atoms with Crippen molar-refractivity contribution in [1.29, 1.82) is 0 Å². The maximum atomic E-state index is 12.6. The number of halogens is 2. The first kappa shape index (κ1) is 22.2. The van der Waals surface area contributed by atoms with Gasteiger partial charge in [0.15, 0.2) is 5.75 Å². The van der Waals surface area contributed by atoms with Gasteiger partial charge in [-0.1, -0.05) is 23.2 Å². The normalized spacial score (nSPS) is 14.3. The van der Waals surface area contributed by atoms with Crippen molar-refractivity contribution in [2.24, 2.45) is 0 Å². The number of anilines is 1. The van der Waals surface area contributed by atoms with Gasteiger partial charge in [0.2, 0.25) is 15.9 Å². The van der Waals surface area contributed by atoms with Crippen LogP contribution in [0, 0.1) is 0 Å². The summed E-state index contributed by atoms with van der Waals surface area (Å²) in [5.41, 5.74) is 0.311. The zero-order valence-electron chi connectivity index (χ0n) is 16.1. The van der Waals surface area contributed by atoms with Crippen LogP contribution < -0.4 is 19.7 Å². The van der Waals surface area contributed by atoms with Gasteiger partial charge in [0.25, 0.3) is 0 Å². The van der Waals surface area contributed by atoms with E-state index in [0.717, 1.165) is 4.31 Å². The fourth-order valence-electron chi connectivity index (χ4n) is 2.69. The summed E-state index contributed by atoms with van der Waals surface area (Å²) in [6.45, 7) is -0.157. The van der Waals surface area contributed by atoms with Crippen LogP contribution in [0.25, 0.3) is 0 Å². The molecule has 2 aromatic carbocycles. The summed E-state index contributed by atoms with van der Waals surface area (Å²) >= 11 is 12.6. The van der Waals surface area contributed by atoms with Crippen molar-refractivity contribution in [2.75, 3.05) is 32.6 Å². The van der Waals surface area contributed by atoms with Crippen LogP contribution in [0.15, 0.2) is 35.2 Å². The number of nitrogens with zero attached hydrogens (tertiary/aromatic N) is 2. The highest BCUT2D eigenvalue weighted by molar-refractivity contribution is 7.89. The second-order valence-corrected chi connectivity index (χ2v) is 9.31. The van der Waals surface area contributed by atoms with E-state index < -0.39 is 22.0 Å². The van der Waals surface area contributed by atoms with E-state index in [2.05, 4.69) is 5.32 Å². The smallest absolute Gasteiger partial charge is 0.329 e. The Kier molecular flexibility index (Phi) is 6.14. The zero-order valence-corrected chi connectivity index (χ0v) is 18.4. The lowest BCUT2D eigenvalue weighted by Crippen LogP contribution is -2.27. The number of benzene rings is 2. The molecule has 9 nitrogen and oxygen atoms in total. The van der Waals surface area contributed by atoms with Gasteiger partial charge in [-0.15, -0.1) is 0 Å². The maximum Gasteiger partial charge on any atom is 0.329 e. The summed E-state index contributed by atoms with van der Waals surface area (Å²) in [5, 5.41) is 2.29. The summed E-state index contributed by atoms with van der Waals surface area (Å²) in [7, 11) is 0.347. The van der Waals surface area contributed by atoms with Crippen molar-refractivity contribution < 1.29 is 27.5 Å². The van der Waals surface area contributed by atoms with Crippen LogP contribution in [-0.2, 0) is 14.8 Å². The molecule has 12 heteroatoms. The van der Waals surface area contributed by atoms with E-state index in [1.54, 1.807) is 0 Å². The molecule has 0 atom stereocenters. The zero-order chi connectivity index (χ0) is 22.2. The van der Waals surface area contributed by atoms with Crippen molar-refractivity contribution in [2.45, 2.75) is 4.90 Å². The second-order valence-electron chi connectivity index (χ2n) is 6.38. The van der Waals surface area contributed by atoms with Gasteiger partial charge in [0.05, 0.1) is 17.2 Å². The number of urea groups is 1. The van der Waals surface area contributed by atoms with Gasteiger partial charge >= 0.3 is 6.03 Å².